The number of hydrogen-bond donors (Lipinski definition) is 0. The monoisotopic (exact) mass is 622 g/mol. The summed E-state index contributed by atoms with van der Waals surface area (Å²) in [7, 11) is 0.210. The first-order chi connectivity index (χ1) is 21.1. The number of methoxy groups -OCH3 is 1. The van der Waals surface area contributed by atoms with Gasteiger partial charge >= 0.3 is 0 Å². The van der Waals surface area contributed by atoms with E-state index in [0.29, 0.717) is 40.5 Å². The summed E-state index contributed by atoms with van der Waals surface area (Å²) in [6.07, 6.45) is 0.153. The maximum atomic E-state index is 14.5. The zero-order valence-corrected chi connectivity index (χ0v) is 27.5. The van der Waals surface area contributed by atoms with E-state index < -0.39 is 26.8 Å². The number of alkyl halides is 2. The lowest BCUT2D eigenvalue weighted by Gasteiger charge is -2.30. The summed E-state index contributed by atoms with van der Waals surface area (Å²) in [5.41, 5.74) is 4.34. The van der Waals surface area contributed by atoms with Crippen LogP contribution in [0.3, 0.4) is 0 Å². The van der Waals surface area contributed by atoms with Crippen molar-refractivity contribution in [1.29, 1.82) is 0 Å². The number of hydrogen-bond acceptors (Lipinski definition) is 5. The van der Waals surface area contributed by atoms with E-state index in [9.17, 15) is 13.6 Å². The number of nitrogens with zero attached hydrogens (tertiary/aromatic N) is 4. The second-order valence-corrected chi connectivity index (χ2v) is 18.5. The molecular weight excluding hydrogens is 578 g/mol. The van der Waals surface area contributed by atoms with Gasteiger partial charge in [0.1, 0.15) is 23.9 Å². The van der Waals surface area contributed by atoms with E-state index in [4.69, 9.17) is 14.6 Å². The van der Waals surface area contributed by atoms with Gasteiger partial charge in [-0.2, -0.15) is 9.61 Å². The fourth-order valence-electron chi connectivity index (χ4n) is 6.09. The fraction of sp³-hybridized carbons (Fsp3) is 0.471. The zero-order valence-electron chi connectivity index (χ0n) is 26.5. The summed E-state index contributed by atoms with van der Waals surface area (Å²) in [6.45, 7) is 11.3. The molecule has 0 aliphatic carbocycles. The van der Waals surface area contributed by atoms with Gasteiger partial charge in [-0.05, 0) is 49.9 Å². The Bertz CT molecular complexity index is 1610. The Labute approximate surface area is 259 Å². The smallest absolute Gasteiger partial charge is 0.278 e. The van der Waals surface area contributed by atoms with Crippen molar-refractivity contribution in [3.8, 4) is 17.0 Å². The molecule has 0 radical (unpaired) electrons. The molecule has 3 heterocycles. The number of fused-ring (bicyclic) bond motifs is 1. The van der Waals surface area contributed by atoms with Crippen molar-refractivity contribution in [2.75, 3.05) is 31.7 Å². The number of ether oxygens (including phenoxy) is 2. The van der Waals surface area contributed by atoms with Crippen LogP contribution < -0.4 is 15.2 Å². The summed E-state index contributed by atoms with van der Waals surface area (Å²) in [5, 5.41) is 4.96. The van der Waals surface area contributed by atoms with Crippen molar-refractivity contribution in [1.82, 2.24) is 14.2 Å². The lowest BCUT2D eigenvalue weighted by Crippen LogP contribution is -2.32. The summed E-state index contributed by atoms with van der Waals surface area (Å²) >= 11 is 0. The fourth-order valence-corrected chi connectivity index (χ4v) is 6.84. The quantitative estimate of drug-likeness (QED) is 0.121. The Morgan fingerprint density at radius 2 is 1.66 bits per heavy atom. The van der Waals surface area contributed by atoms with Gasteiger partial charge < -0.3 is 18.9 Å². The molecule has 1 aliphatic rings. The first kappa shape index (κ1) is 31.9. The maximum Gasteiger partial charge on any atom is 0.278 e. The molecule has 4 aromatic rings. The molecule has 0 bridgehead atoms. The lowest BCUT2D eigenvalue weighted by atomic mass is 9.88. The van der Waals surface area contributed by atoms with E-state index in [-0.39, 0.29) is 12.3 Å². The van der Waals surface area contributed by atoms with Gasteiger partial charge in [0.15, 0.2) is 5.65 Å². The predicted octanol–water partition coefficient (Wildman–Crippen LogP) is 7.57. The first-order valence-electron chi connectivity index (χ1n) is 15.6. The predicted molar refractivity (Wildman–Crippen MR) is 175 cm³/mol. The molecule has 1 saturated heterocycles. The molecule has 0 spiro atoms. The van der Waals surface area contributed by atoms with Crippen LogP contribution in [0, 0.1) is 6.92 Å². The average molecular weight is 623 g/mol. The van der Waals surface area contributed by atoms with Crippen LogP contribution >= 0.6 is 0 Å². The SMILES string of the molecule is COc1ccc(C(CC(F)F)c2c(C)n(COCC[Si](C)(C)C)c3c(N4CCCCC4)c(-c4ccccc4)nn3c2=O)cc1. The molecule has 0 N–H and O–H groups in total. The highest BCUT2D eigenvalue weighted by Gasteiger charge is 2.31. The summed E-state index contributed by atoms with van der Waals surface area (Å²) < 4.78 is 43.4. The molecular formula is C34H44F2N4O3Si. The average Bonchev–Trinajstić information content (AvgIpc) is 3.41. The molecule has 1 fully saturated rings. The topological polar surface area (TPSA) is 61.0 Å². The van der Waals surface area contributed by atoms with Gasteiger partial charge in [-0.3, -0.25) is 4.79 Å². The van der Waals surface area contributed by atoms with Crippen LogP contribution in [0.5, 0.6) is 5.75 Å². The second kappa shape index (κ2) is 13.6. The van der Waals surface area contributed by atoms with Gasteiger partial charge in [-0.15, -0.1) is 0 Å². The molecule has 0 saturated carbocycles. The molecule has 44 heavy (non-hydrogen) atoms. The van der Waals surface area contributed by atoms with Crippen molar-refractivity contribution in [3.05, 3.63) is 81.8 Å². The Hall–Kier alpha value is -3.50. The van der Waals surface area contributed by atoms with E-state index in [2.05, 4.69) is 24.5 Å². The molecule has 0 amide bonds. The largest absolute Gasteiger partial charge is 0.497 e. The van der Waals surface area contributed by atoms with E-state index >= 15 is 0 Å². The summed E-state index contributed by atoms with van der Waals surface area (Å²) in [5.74, 6) is -0.218. The number of aromatic nitrogens is 3. The van der Waals surface area contributed by atoms with Gasteiger partial charge in [-0.25, -0.2) is 8.78 Å². The molecule has 7 nitrogen and oxygen atoms in total. The molecule has 2 aromatic carbocycles. The van der Waals surface area contributed by atoms with Gasteiger partial charge in [-0.1, -0.05) is 62.1 Å². The van der Waals surface area contributed by atoms with Crippen LogP contribution in [0.4, 0.5) is 14.5 Å². The lowest BCUT2D eigenvalue weighted by molar-refractivity contribution is 0.0872. The van der Waals surface area contributed by atoms with E-state index in [0.717, 1.165) is 49.6 Å². The number of benzene rings is 2. The van der Waals surface area contributed by atoms with Crippen LogP contribution in [0.15, 0.2) is 59.4 Å². The van der Waals surface area contributed by atoms with E-state index in [1.165, 1.54) is 4.52 Å². The zero-order chi connectivity index (χ0) is 31.4. The maximum absolute atomic E-state index is 14.5. The molecule has 1 aliphatic heterocycles. The molecule has 1 atom stereocenters. The third kappa shape index (κ3) is 6.91. The summed E-state index contributed by atoms with van der Waals surface area (Å²) in [4.78, 5) is 16.9. The normalized spacial score (nSPS) is 14.9. The number of rotatable bonds is 12. The minimum Gasteiger partial charge on any atom is -0.497 e. The molecule has 10 heteroatoms. The van der Waals surface area contributed by atoms with Gasteiger partial charge in [0, 0.05) is 56.9 Å². The molecule has 1 unspecified atom stereocenters. The van der Waals surface area contributed by atoms with Crippen molar-refractivity contribution in [2.24, 2.45) is 0 Å². The third-order valence-corrected chi connectivity index (χ3v) is 10.2. The number of piperidine rings is 1. The van der Waals surface area contributed by atoms with Gasteiger partial charge in [0.2, 0.25) is 6.43 Å². The minimum absolute atomic E-state index is 0.192. The number of anilines is 1. The van der Waals surface area contributed by atoms with E-state index in [1.54, 1.807) is 31.4 Å². The van der Waals surface area contributed by atoms with Crippen molar-refractivity contribution in [2.45, 2.75) is 77.4 Å². The van der Waals surface area contributed by atoms with Crippen molar-refractivity contribution in [3.63, 3.8) is 0 Å². The number of halogens is 2. The standard InChI is InChI=1S/C34H44F2N4O3Si/c1-24-30(28(22-29(35)36)25-14-16-27(42-2)17-15-25)34(41)40-33(39(24)23-43-20-21-44(3,4)5)32(38-18-10-7-11-19-38)31(37-40)26-12-8-6-9-13-26/h6,8-9,12-17,28-29H,7,10-11,18-23H2,1-5H3. The van der Waals surface area contributed by atoms with Crippen LogP contribution in [-0.2, 0) is 11.5 Å². The van der Waals surface area contributed by atoms with Crippen molar-refractivity contribution >= 4 is 19.4 Å². The molecule has 2 aromatic heterocycles. The van der Waals surface area contributed by atoms with Crippen LogP contribution in [0.25, 0.3) is 16.9 Å². The minimum atomic E-state index is -2.61. The van der Waals surface area contributed by atoms with Gasteiger partial charge in [0.05, 0.1) is 7.11 Å². The molecule has 236 valence electrons. The Morgan fingerprint density at radius 1 is 0.977 bits per heavy atom. The van der Waals surface area contributed by atoms with Gasteiger partial charge in [0.25, 0.3) is 5.56 Å². The third-order valence-electron chi connectivity index (χ3n) is 8.53. The Balaban J connectivity index is 1.77. The highest BCUT2D eigenvalue weighted by molar-refractivity contribution is 6.76. The van der Waals surface area contributed by atoms with Crippen LogP contribution in [-0.4, -0.2) is 55.5 Å². The summed E-state index contributed by atoms with van der Waals surface area (Å²) in [6, 6.07) is 17.9. The Morgan fingerprint density at radius 3 is 2.27 bits per heavy atom. The highest BCUT2D eigenvalue weighted by atomic mass is 28.3. The Kier molecular flexibility index (Phi) is 9.89. The van der Waals surface area contributed by atoms with Crippen molar-refractivity contribution < 1.29 is 18.3 Å². The first-order valence-corrected chi connectivity index (χ1v) is 19.3. The second-order valence-electron chi connectivity index (χ2n) is 12.9. The van der Waals surface area contributed by atoms with E-state index in [1.807, 2.05) is 41.8 Å². The molecule has 5 rings (SSSR count). The van der Waals surface area contributed by atoms with Crippen LogP contribution in [0.2, 0.25) is 25.7 Å². The highest BCUT2D eigenvalue weighted by Crippen LogP contribution is 2.38. The van der Waals surface area contributed by atoms with Crippen LogP contribution in [0.1, 0.15) is 48.4 Å².